The number of nitrogens with two attached hydrogens (primary N) is 2. The molecule has 0 radical (unpaired) electrons. The van der Waals surface area contributed by atoms with Gasteiger partial charge in [-0.1, -0.05) is 36.4 Å². The number of halogens is 3. The van der Waals surface area contributed by atoms with Gasteiger partial charge in [-0.2, -0.15) is 13.2 Å². The lowest BCUT2D eigenvalue weighted by Gasteiger charge is -2.12. The summed E-state index contributed by atoms with van der Waals surface area (Å²) in [6.07, 6.45) is -3.61. The molecule has 4 N–H and O–H groups in total. The van der Waals surface area contributed by atoms with E-state index in [1.165, 1.54) is 12.1 Å². The van der Waals surface area contributed by atoms with E-state index in [1.807, 2.05) is 24.3 Å². The Kier molecular flexibility index (Phi) is 4.65. The molecule has 0 aromatic heterocycles. The molecule has 1 atom stereocenters. The van der Waals surface area contributed by atoms with Crippen LogP contribution in [0.4, 0.5) is 13.2 Å². The molecular formula is C16H17F3N2. The van der Waals surface area contributed by atoms with Crippen LogP contribution in [0, 0.1) is 0 Å². The third-order valence-electron chi connectivity index (χ3n) is 3.36. The highest BCUT2D eigenvalue weighted by atomic mass is 19.4. The van der Waals surface area contributed by atoms with Gasteiger partial charge in [-0.3, -0.25) is 0 Å². The first-order valence-corrected chi connectivity index (χ1v) is 6.65. The number of benzene rings is 2. The highest BCUT2D eigenvalue weighted by Gasteiger charge is 2.29. The molecule has 0 amide bonds. The zero-order valence-corrected chi connectivity index (χ0v) is 11.4. The fourth-order valence-electron chi connectivity index (χ4n) is 2.12. The monoisotopic (exact) mass is 294 g/mol. The highest BCUT2D eigenvalue weighted by molar-refractivity contribution is 5.64. The van der Waals surface area contributed by atoms with E-state index in [4.69, 9.17) is 11.5 Å². The van der Waals surface area contributed by atoms with Gasteiger partial charge in [0, 0.05) is 6.04 Å². The normalized spacial score (nSPS) is 13.2. The van der Waals surface area contributed by atoms with Crippen molar-refractivity contribution in [3.05, 3.63) is 59.7 Å². The van der Waals surface area contributed by atoms with Crippen molar-refractivity contribution in [3.8, 4) is 11.1 Å². The Morgan fingerprint density at radius 2 is 1.33 bits per heavy atom. The van der Waals surface area contributed by atoms with Crippen molar-refractivity contribution < 1.29 is 13.2 Å². The first-order valence-electron chi connectivity index (χ1n) is 6.65. The minimum absolute atomic E-state index is 0.114. The van der Waals surface area contributed by atoms with Crippen LogP contribution in [-0.2, 0) is 6.18 Å². The van der Waals surface area contributed by atoms with Crippen molar-refractivity contribution in [1.29, 1.82) is 0 Å². The van der Waals surface area contributed by atoms with Crippen LogP contribution in [-0.4, -0.2) is 6.54 Å². The van der Waals surface area contributed by atoms with Crippen molar-refractivity contribution in [3.63, 3.8) is 0 Å². The van der Waals surface area contributed by atoms with Crippen LogP contribution in [0.1, 0.15) is 23.6 Å². The molecule has 5 heteroatoms. The van der Waals surface area contributed by atoms with Crippen LogP contribution in [0.2, 0.25) is 0 Å². The Bertz CT molecular complexity index is 574. The lowest BCUT2D eigenvalue weighted by molar-refractivity contribution is -0.137. The summed E-state index contributed by atoms with van der Waals surface area (Å²) in [5.74, 6) is 0. The van der Waals surface area contributed by atoms with Crippen molar-refractivity contribution in [2.45, 2.75) is 18.6 Å². The molecule has 0 spiro atoms. The van der Waals surface area contributed by atoms with E-state index in [0.29, 0.717) is 13.0 Å². The second kappa shape index (κ2) is 6.28. The molecule has 112 valence electrons. The van der Waals surface area contributed by atoms with Gasteiger partial charge >= 0.3 is 6.18 Å². The van der Waals surface area contributed by atoms with E-state index in [0.717, 1.165) is 28.8 Å². The van der Waals surface area contributed by atoms with Gasteiger partial charge in [0.25, 0.3) is 0 Å². The summed E-state index contributed by atoms with van der Waals surface area (Å²) in [5, 5.41) is 0. The largest absolute Gasteiger partial charge is 0.416 e. The SMILES string of the molecule is NCC[C@H](N)c1ccc(-c2ccc(C(F)(F)F)cc2)cc1. The number of hydrogen-bond donors (Lipinski definition) is 2. The van der Waals surface area contributed by atoms with Gasteiger partial charge in [-0.15, -0.1) is 0 Å². The summed E-state index contributed by atoms with van der Waals surface area (Å²) in [6.45, 7) is 0.516. The second-order valence-corrected chi connectivity index (χ2v) is 4.88. The molecule has 0 heterocycles. The van der Waals surface area contributed by atoms with E-state index in [9.17, 15) is 13.2 Å². The van der Waals surface area contributed by atoms with E-state index in [-0.39, 0.29) is 6.04 Å². The number of hydrogen-bond acceptors (Lipinski definition) is 2. The zero-order valence-electron chi connectivity index (χ0n) is 11.4. The molecule has 2 nitrogen and oxygen atoms in total. The summed E-state index contributed by atoms with van der Waals surface area (Å²) in [4.78, 5) is 0. The van der Waals surface area contributed by atoms with Crippen molar-refractivity contribution in [2.24, 2.45) is 11.5 Å². The summed E-state index contributed by atoms with van der Waals surface area (Å²) >= 11 is 0. The summed E-state index contributed by atoms with van der Waals surface area (Å²) in [5.41, 5.74) is 13.3. The van der Waals surface area contributed by atoms with Crippen LogP contribution < -0.4 is 11.5 Å². The smallest absolute Gasteiger partial charge is 0.330 e. The molecule has 21 heavy (non-hydrogen) atoms. The molecule has 0 bridgehead atoms. The topological polar surface area (TPSA) is 52.0 Å². The van der Waals surface area contributed by atoms with Gasteiger partial charge in [-0.05, 0) is 41.8 Å². The van der Waals surface area contributed by atoms with Crippen LogP contribution in [0.5, 0.6) is 0 Å². The minimum Gasteiger partial charge on any atom is -0.330 e. The Morgan fingerprint density at radius 1 is 0.857 bits per heavy atom. The molecule has 0 fully saturated rings. The molecule has 0 aliphatic rings. The first-order chi connectivity index (χ1) is 9.91. The molecule has 0 saturated heterocycles. The van der Waals surface area contributed by atoms with Crippen LogP contribution in [0.15, 0.2) is 48.5 Å². The summed E-state index contributed by atoms with van der Waals surface area (Å²) < 4.78 is 37.5. The van der Waals surface area contributed by atoms with Crippen LogP contribution >= 0.6 is 0 Å². The lowest BCUT2D eigenvalue weighted by Crippen LogP contribution is -2.15. The molecule has 0 unspecified atom stereocenters. The Morgan fingerprint density at radius 3 is 1.76 bits per heavy atom. The van der Waals surface area contributed by atoms with Gasteiger partial charge in [0.05, 0.1) is 5.56 Å². The maximum Gasteiger partial charge on any atom is 0.416 e. The van der Waals surface area contributed by atoms with Gasteiger partial charge in [-0.25, -0.2) is 0 Å². The zero-order chi connectivity index (χ0) is 15.5. The second-order valence-electron chi connectivity index (χ2n) is 4.88. The van der Waals surface area contributed by atoms with Crippen molar-refractivity contribution in [2.75, 3.05) is 6.54 Å². The van der Waals surface area contributed by atoms with Crippen LogP contribution in [0.25, 0.3) is 11.1 Å². The predicted octanol–water partition coefficient (Wildman–Crippen LogP) is 3.72. The molecule has 0 aliphatic carbocycles. The maximum atomic E-state index is 12.5. The number of rotatable bonds is 4. The molecule has 2 aromatic rings. The van der Waals surface area contributed by atoms with Gasteiger partial charge in [0.15, 0.2) is 0 Å². The Labute approximate surface area is 121 Å². The predicted molar refractivity (Wildman–Crippen MR) is 77.5 cm³/mol. The van der Waals surface area contributed by atoms with Gasteiger partial charge < -0.3 is 11.5 Å². The first kappa shape index (κ1) is 15.5. The Hall–Kier alpha value is -1.85. The third-order valence-corrected chi connectivity index (χ3v) is 3.36. The molecule has 0 saturated carbocycles. The van der Waals surface area contributed by atoms with Crippen LogP contribution in [0.3, 0.4) is 0 Å². The summed E-state index contributed by atoms with van der Waals surface area (Å²) in [6, 6.07) is 12.5. The molecule has 2 rings (SSSR count). The average Bonchev–Trinajstić information content (AvgIpc) is 2.47. The van der Waals surface area contributed by atoms with E-state index < -0.39 is 11.7 Å². The third kappa shape index (κ3) is 3.83. The van der Waals surface area contributed by atoms with E-state index in [2.05, 4.69) is 0 Å². The number of alkyl halides is 3. The van der Waals surface area contributed by atoms with Crippen molar-refractivity contribution >= 4 is 0 Å². The summed E-state index contributed by atoms with van der Waals surface area (Å²) in [7, 11) is 0. The fourth-order valence-corrected chi connectivity index (χ4v) is 2.12. The van der Waals surface area contributed by atoms with Gasteiger partial charge in [0.1, 0.15) is 0 Å². The van der Waals surface area contributed by atoms with Gasteiger partial charge in [0.2, 0.25) is 0 Å². The van der Waals surface area contributed by atoms with E-state index in [1.54, 1.807) is 0 Å². The Balaban J connectivity index is 2.19. The maximum absolute atomic E-state index is 12.5. The lowest BCUT2D eigenvalue weighted by atomic mass is 9.99. The quantitative estimate of drug-likeness (QED) is 0.903. The average molecular weight is 294 g/mol. The van der Waals surface area contributed by atoms with E-state index >= 15 is 0 Å². The van der Waals surface area contributed by atoms with Crippen molar-refractivity contribution in [1.82, 2.24) is 0 Å². The molecule has 2 aromatic carbocycles. The highest BCUT2D eigenvalue weighted by Crippen LogP contribution is 2.31. The fraction of sp³-hybridized carbons (Fsp3) is 0.250. The standard InChI is InChI=1S/C16H17F3N2/c17-16(18,19)14-7-5-12(6-8-14)11-1-3-13(4-2-11)15(21)9-10-20/h1-8,15H,9-10,20-21H2/t15-/m0/s1. The molecule has 0 aliphatic heterocycles. The minimum atomic E-state index is -4.31. The molecular weight excluding hydrogens is 277 g/mol.